The van der Waals surface area contributed by atoms with Gasteiger partial charge in [-0.15, -0.1) is 0 Å². The molecule has 1 aromatic carbocycles. The largest absolute Gasteiger partial charge is 0.371 e. The molecule has 0 atom stereocenters. The predicted octanol–water partition coefficient (Wildman–Crippen LogP) is 3.43. The van der Waals surface area contributed by atoms with Gasteiger partial charge in [-0.3, -0.25) is 0 Å². The minimum atomic E-state index is 0.752. The Hall–Kier alpha value is -1.48. The summed E-state index contributed by atoms with van der Waals surface area (Å²) in [5, 5.41) is 5.14. The second-order valence-electron chi connectivity index (χ2n) is 4.73. The molecule has 0 radical (unpaired) electrons. The van der Waals surface area contributed by atoms with Gasteiger partial charge in [0.25, 0.3) is 0 Å². The molecule has 1 saturated heterocycles. The Kier molecular flexibility index (Phi) is 3.00. The van der Waals surface area contributed by atoms with Crippen LogP contribution >= 0.6 is 11.6 Å². The highest BCUT2D eigenvalue weighted by Gasteiger charge is 2.14. The third-order valence-corrected chi connectivity index (χ3v) is 3.67. The molecule has 0 spiro atoms. The lowest BCUT2D eigenvalue weighted by atomic mass is 10.2. The van der Waals surface area contributed by atoms with Crippen LogP contribution in [0.1, 0.15) is 18.5 Å². The highest BCUT2D eigenvalue weighted by atomic mass is 35.5. The molecule has 4 heteroatoms. The SMILES string of the molecule is Cc1ccn(-c2ccc(N3CCCC3)cc2Cl)n1. The van der Waals surface area contributed by atoms with Crippen molar-refractivity contribution in [2.45, 2.75) is 19.8 Å². The highest BCUT2D eigenvalue weighted by Crippen LogP contribution is 2.28. The van der Waals surface area contributed by atoms with Crippen LogP contribution in [-0.2, 0) is 0 Å². The molecule has 0 unspecified atom stereocenters. The lowest BCUT2D eigenvalue weighted by molar-refractivity contribution is 0.861. The first-order valence-electron chi connectivity index (χ1n) is 6.31. The van der Waals surface area contributed by atoms with E-state index in [2.05, 4.69) is 16.1 Å². The monoisotopic (exact) mass is 261 g/mol. The predicted molar refractivity (Wildman–Crippen MR) is 74.8 cm³/mol. The van der Waals surface area contributed by atoms with Gasteiger partial charge in [-0.05, 0) is 44.0 Å². The smallest absolute Gasteiger partial charge is 0.0833 e. The maximum Gasteiger partial charge on any atom is 0.0833 e. The third kappa shape index (κ3) is 2.10. The van der Waals surface area contributed by atoms with E-state index in [4.69, 9.17) is 11.6 Å². The zero-order valence-corrected chi connectivity index (χ0v) is 11.2. The summed E-state index contributed by atoms with van der Waals surface area (Å²) in [6, 6.07) is 8.19. The summed E-state index contributed by atoms with van der Waals surface area (Å²) in [5.74, 6) is 0. The topological polar surface area (TPSA) is 21.1 Å². The second kappa shape index (κ2) is 4.65. The summed E-state index contributed by atoms with van der Waals surface area (Å²) >= 11 is 6.36. The van der Waals surface area contributed by atoms with Crippen LogP contribution in [0.15, 0.2) is 30.5 Å². The Morgan fingerprint density at radius 1 is 1.17 bits per heavy atom. The van der Waals surface area contributed by atoms with Crippen molar-refractivity contribution in [1.82, 2.24) is 9.78 Å². The molecule has 18 heavy (non-hydrogen) atoms. The van der Waals surface area contributed by atoms with E-state index in [0.29, 0.717) is 0 Å². The Bertz CT molecular complexity index is 556. The van der Waals surface area contributed by atoms with Gasteiger partial charge in [0.2, 0.25) is 0 Å². The molecular formula is C14H16ClN3. The fraction of sp³-hybridized carbons (Fsp3) is 0.357. The molecule has 1 aromatic heterocycles. The average Bonchev–Trinajstić information content (AvgIpc) is 2.99. The van der Waals surface area contributed by atoms with Crippen molar-refractivity contribution in [3.8, 4) is 5.69 Å². The van der Waals surface area contributed by atoms with Crippen LogP contribution in [0, 0.1) is 6.92 Å². The summed E-state index contributed by atoms with van der Waals surface area (Å²) in [6.45, 7) is 4.25. The molecule has 0 bridgehead atoms. The molecule has 0 aliphatic carbocycles. The van der Waals surface area contributed by atoms with Crippen molar-refractivity contribution in [2.24, 2.45) is 0 Å². The Morgan fingerprint density at radius 3 is 2.56 bits per heavy atom. The number of aryl methyl sites for hydroxylation is 1. The van der Waals surface area contributed by atoms with E-state index in [0.717, 1.165) is 29.5 Å². The van der Waals surface area contributed by atoms with Crippen LogP contribution in [0.25, 0.3) is 5.69 Å². The standard InChI is InChI=1S/C14H16ClN3/c1-11-6-9-18(16-11)14-5-4-12(10-13(14)15)17-7-2-3-8-17/h4-6,9-10H,2-3,7-8H2,1H3. The van der Waals surface area contributed by atoms with Gasteiger partial charge in [-0.1, -0.05) is 11.6 Å². The molecule has 1 aliphatic rings. The van der Waals surface area contributed by atoms with Crippen molar-refractivity contribution in [2.75, 3.05) is 18.0 Å². The van der Waals surface area contributed by atoms with Gasteiger partial charge < -0.3 is 4.90 Å². The van der Waals surface area contributed by atoms with Crippen LogP contribution < -0.4 is 4.90 Å². The normalized spacial score (nSPS) is 15.3. The summed E-state index contributed by atoms with van der Waals surface area (Å²) in [7, 11) is 0. The molecule has 1 fully saturated rings. The van der Waals surface area contributed by atoms with Gasteiger partial charge in [-0.2, -0.15) is 5.10 Å². The summed E-state index contributed by atoms with van der Waals surface area (Å²) in [6.07, 6.45) is 4.49. The van der Waals surface area contributed by atoms with Gasteiger partial charge in [0, 0.05) is 25.0 Å². The van der Waals surface area contributed by atoms with Crippen molar-refractivity contribution in [1.29, 1.82) is 0 Å². The number of hydrogen-bond donors (Lipinski definition) is 0. The van der Waals surface area contributed by atoms with Gasteiger partial charge in [0.1, 0.15) is 0 Å². The minimum Gasteiger partial charge on any atom is -0.371 e. The lowest BCUT2D eigenvalue weighted by Crippen LogP contribution is -2.17. The van der Waals surface area contributed by atoms with Crippen LogP contribution in [0.2, 0.25) is 5.02 Å². The molecule has 1 aliphatic heterocycles. The van der Waals surface area contributed by atoms with Crippen molar-refractivity contribution >= 4 is 17.3 Å². The summed E-state index contributed by atoms with van der Waals surface area (Å²) in [5.41, 5.74) is 3.15. The molecule has 3 rings (SSSR count). The van der Waals surface area contributed by atoms with Crippen molar-refractivity contribution in [3.05, 3.63) is 41.2 Å². The molecule has 0 N–H and O–H groups in total. The Morgan fingerprint density at radius 2 is 1.94 bits per heavy atom. The van der Waals surface area contributed by atoms with Gasteiger partial charge >= 0.3 is 0 Å². The molecular weight excluding hydrogens is 246 g/mol. The van der Waals surface area contributed by atoms with E-state index in [1.165, 1.54) is 18.5 Å². The molecule has 2 aromatic rings. The second-order valence-corrected chi connectivity index (χ2v) is 5.14. The number of hydrogen-bond acceptors (Lipinski definition) is 2. The Labute approximate surface area is 112 Å². The van der Waals surface area contributed by atoms with E-state index < -0.39 is 0 Å². The molecule has 3 nitrogen and oxygen atoms in total. The van der Waals surface area contributed by atoms with E-state index in [1.807, 2.05) is 36.0 Å². The molecule has 0 amide bonds. The molecule has 94 valence electrons. The fourth-order valence-corrected chi connectivity index (χ4v) is 2.66. The van der Waals surface area contributed by atoms with Crippen molar-refractivity contribution in [3.63, 3.8) is 0 Å². The summed E-state index contributed by atoms with van der Waals surface area (Å²) < 4.78 is 1.82. The third-order valence-electron chi connectivity index (χ3n) is 3.37. The number of halogens is 1. The van der Waals surface area contributed by atoms with Crippen LogP contribution in [0.3, 0.4) is 0 Å². The Balaban J connectivity index is 1.93. The molecule has 2 heterocycles. The molecule has 0 saturated carbocycles. The quantitative estimate of drug-likeness (QED) is 0.826. The highest BCUT2D eigenvalue weighted by molar-refractivity contribution is 6.32. The zero-order valence-electron chi connectivity index (χ0n) is 10.4. The lowest BCUT2D eigenvalue weighted by Gasteiger charge is -2.18. The van der Waals surface area contributed by atoms with E-state index >= 15 is 0 Å². The number of rotatable bonds is 2. The zero-order chi connectivity index (χ0) is 12.5. The van der Waals surface area contributed by atoms with Crippen molar-refractivity contribution < 1.29 is 0 Å². The number of benzene rings is 1. The number of nitrogens with zero attached hydrogens (tertiary/aromatic N) is 3. The first-order valence-corrected chi connectivity index (χ1v) is 6.69. The van der Waals surface area contributed by atoms with Gasteiger partial charge in [0.15, 0.2) is 0 Å². The number of anilines is 1. The minimum absolute atomic E-state index is 0.752. The maximum absolute atomic E-state index is 6.36. The maximum atomic E-state index is 6.36. The van der Waals surface area contributed by atoms with Gasteiger partial charge in [0.05, 0.1) is 16.4 Å². The van der Waals surface area contributed by atoms with E-state index in [1.54, 1.807) is 0 Å². The van der Waals surface area contributed by atoms with E-state index in [9.17, 15) is 0 Å². The average molecular weight is 262 g/mol. The first-order chi connectivity index (χ1) is 8.74. The van der Waals surface area contributed by atoms with Gasteiger partial charge in [-0.25, -0.2) is 4.68 Å². The van der Waals surface area contributed by atoms with E-state index in [-0.39, 0.29) is 0 Å². The first kappa shape index (κ1) is 11.6. The fourth-order valence-electron chi connectivity index (χ4n) is 2.40. The van der Waals surface area contributed by atoms with Crippen LogP contribution in [0.4, 0.5) is 5.69 Å². The summed E-state index contributed by atoms with van der Waals surface area (Å²) in [4.78, 5) is 2.38. The number of aromatic nitrogens is 2. The van der Waals surface area contributed by atoms with Crippen LogP contribution in [-0.4, -0.2) is 22.9 Å². The van der Waals surface area contributed by atoms with Crippen LogP contribution in [0.5, 0.6) is 0 Å².